The summed E-state index contributed by atoms with van der Waals surface area (Å²) in [6.45, 7) is 4.57. The first-order valence-corrected chi connectivity index (χ1v) is 8.33. The topological polar surface area (TPSA) is 31.6 Å². The number of nitrogens with one attached hydrogen (secondary N) is 2. The fraction of sp³-hybridized carbons (Fsp3) is 0.250. The number of H-pyrrole nitrogens is 2. The van der Waals surface area contributed by atoms with Gasteiger partial charge in [-0.3, -0.25) is 0 Å². The Hall–Kier alpha value is -1.44. The first-order valence-electron chi connectivity index (χ1n) is 6.62. The van der Waals surface area contributed by atoms with Gasteiger partial charge >= 0.3 is 119 Å². The molecule has 3 rings (SSSR count). The van der Waals surface area contributed by atoms with Crippen molar-refractivity contribution in [1.29, 1.82) is 0 Å². The van der Waals surface area contributed by atoms with E-state index in [0.29, 0.717) is 26.3 Å². The third-order valence-corrected chi connectivity index (χ3v) is 6.72. The molecule has 3 heteroatoms. The molecule has 19 heavy (non-hydrogen) atoms. The van der Waals surface area contributed by atoms with Crippen molar-refractivity contribution < 1.29 is 0 Å². The predicted molar refractivity (Wildman–Crippen MR) is 80.0 cm³/mol. The minimum atomic E-state index is 0.467. The molecule has 3 heterocycles. The van der Waals surface area contributed by atoms with E-state index in [0.717, 1.165) is 0 Å². The van der Waals surface area contributed by atoms with Gasteiger partial charge < -0.3 is 0 Å². The fourth-order valence-corrected chi connectivity index (χ4v) is 4.78. The Morgan fingerprint density at radius 2 is 1.26 bits per heavy atom. The summed E-state index contributed by atoms with van der Waals surface area (Å²) in [5.74, 6) is 0.999. The summed E-state index contributed by atoms with van der Waals surface area (Å²) >= 11 is 0.467. The van der Waals surface area contributed by atoms with Crippen molar-refractivity contribution in [3.05, 3.63) is 69.1 Å². The molecule has 0 radical (unpaired) electrons. The molecule has 0 aliphatic rings. The van der Waals surface area contributed by atoms with Gasteiger partial charge in [-0.2, -0.15) is 0 Å². The van der Waals surface area contributed by atoms with Crippen molar-refractivity contribution >= 4 is 14.5 Å². The van der Waals surface area contributed by atoms with E-state index in [1.54, 1.807) is 8.87 Å². The van der Waals surface area contributed by atoms with Crippen molar-refractivity contribution in [3.8, 4) is 0 Å². The normalized spacial score (nSPS) is 14.4. The Labute approximate surface area is 119 Å². The Bertz CT molecular complexity index is 565. The minimum absolute atomic E-state index is 0.467. The van der Waals surface area contributed by atoms with E-state index in [4.69, 9.17) is 0 Å². The molecule has 0 aliphatic carbocycles. The van der Waals surface area contributed by atoms with Crippen LogP contribution in [-0.2, 0) is 0 Å². The molecule has 3 aromatic rings. The van der Waals surface area contributed by atoms with Crippen LogP contribution in [0, 0.1) is 0 Å². The molecular formula is C16H18N2Se. The van der Waals surface area contributed by atoms with Crippen LogP contribution >= 0.6 is 0 Å². The molecule has 0 bridgehead atoms. The maximum absolute atomic E-state index is 3.33. The number of rotatable bonds is 4. The van der Waals surface area contributed by atoms with Crippen LogP contribution in [0.1, 0.15) is 45.9 Å². The van der Waals surface area contributed by atoms with Crippen LogP contribution in [0.5, 0.6) is 0 Å². The van der Waals surface area contributed by atoms with E-state index >= 15 is 0 Å². The standard InChI is InChI=1S/C16H18N2Se/c1-11(13-5-3-9-17-13)15-7-8-16(19-15)12(2)14-6-4-10-18-14/h3-12,17-18H,1-2H3. The van der Waals surface area contributed by atoms with Gasteiger partial charge in [0.15, 0.2) is 0 Å². The number of aromatic amines is 2. The van der Waals surface area contributed by atoms with E-state index in [9.17, 15) is 0 Å². The Morgan fingerprint density at radius 3 is 1.63 bits per heavy atom. The summed E-state index contributed by atoms with van der Waals surface area (Å²) in [6.07, 6.45) is 4.01. The van der Waals surface area contributed by atoms with Gasteiger partial charge in [-0.1, -0.05) is 0 Å². The Kier molecular flexibility index (Phi) is 3.50. The van der Waals surface area contributed by atoms with Crippen LogP contribution in [0.3, 0.4) is 0 Å². The molecule has 2 N–H and O–H groups in total. The Morgan fingerprint density at radius 1 is 0.789 bits per heavy atom. The predicted octanol–water partition coefficient (Wildman–Crippen LogP) is 3.70. The molecule has 0 saturated heterocycles. The summed E-state index contributed by atoms with van der Waals surface area (Å²) in [5, 5.41) is 0. The van der Waals surface area contributed by atoms with Crippen molar-refractivity contribution in [1.82, 2.24) is 9.97 Å². The van der Waals surface area contributed by atoms with Crippen LogP contribution in [0.4, 0.5) is 0 Å². The van der Waals surface area contributed by atoms with E-state index in [-0.39, 0.29) is 0 Å². The van der Waals surface area contributed by atoms with Gasteiger partial charge in [0.25, 0.3) is 0 Å². The molecule has 2 nitrogen and oxygen atoms in total. The number of hydrogen-bond acceptors (Lipinski definition) is 0. The monoisotopic (exact) mass is 318 g/mol. The van der Waals surface area contributed by atoms with Crippen LogP contribution in [0.15, 0.2) is 48.8 Å². The zero-order valence-corrected chi connectivity index (χ0v) is 12.9. The summed E-state index contributed by atoms with van der Waals surface area (Å²) < 4.78 is 3.12. The zero-order valence-electron chi connectivity index (χ0n) is 11.2. The van der Waals surface area contributed by atoms with Gasteiger partial charge in [-0.15, -0.1) is 0 Å². The molecule has 2 unspecified atom stereocenters. The van der Waals surface area contributed by atoms with Crippen LogP contribution in [0.2, 0.25) is 0 Å². The molecule has 0 saturated carbocycles. The average molecular weight is 317 g/mol. The van der Waals surface area contributed by atoms with Crippen molar-refractivity contribution in [2.24, 2.45) is 0 Å². The van der Waals surface area contributed by atoms with Gasteiger partial charge in [0.2, 0.25) is 0 Å². The Balaban J connectivity index is 1.83. The van der Waals surface area contributed by atoms with Crippen LogP contribution in [-0.4, -0.2) is 24.5 Å². The van der Waals surface area contributed by atoms with Gasteiger partial charge in [0.05, 0.1) is 0 Å². The average Bonchev–Trinajstić information content (AvgIpc) is 3.16. The van der Waals surface area contributed by atoms with Gasteiger partial charge in [-0.25, -0.2) is 0 Å². The van der Waals surface area contributed by atoms with Gasteiger partial charge in [-0.05, 0) is 0 Å². The van der Waals surface area contributed by atoms with E-state index < -0.39 is 0 Å². The van der Waals surface area contributed by atoms with Crippen molar-refractivity contribution in [2.75, 3.05) is 0 Å². The third kappa shape index (κ3) is 2.49. The summed E-state index contributed by atoms with van der Waals surface area (Å²) in [5.41, 5.74) is 2.63. The van der Waals surface area contributed by atoms with Gasteiger partial charge in [0.1, 0.15) is 0 Å². The number of hydrogen-bond donors (Lipinski definition) is 2. The molecule has 2 atom stereocenters. The molecule has 0 amide bonds. The number of aromatic nitrogens is 2. The second-order valence-electron chi connectivity index (χ2n) is 4.93. The summed E-state index contributed by atoms with van der Waals surface area (Å²) in [7, 11) is 0. The molecule has 0 aliphatic heterocycles. The van der Waals surface area contributed by atoms with Crippen molar-refractivity contribution in [2.45, 2.75) is 25.7 Å². The first kappa shape index (κ1) is 12.6. The van der Waals surface area contributed by atoms with Gasteiger partial charge in [0, 0.05) is 0 Å². The SMILES string of the molecule is CC(c1ccc[nH]1)c1ccc(C(C)c2ccc[nH]2)[se]1. The molecule has 3 aromatic heterocycles. The van der Waals surface area contributed by atoms with E-state index in [2.05, 4.69) is 60.2 Å². The van der Waals surface area contributed by atoms with Crippen LogP contribution in [0.25, 0.3) is 0 Å². The fourth-order valence-electron chi connectivity index (χ4n) is 2.37. The summed E-state index contributed by atoms with van der Waals surface area (Å²) in [4.78, 5) is 6.65. The third-order valence-electron chi connectivity index (χ3n) is 3.68. The van der Waals surface area contributed by atoms with E-state index in [1.165, 1.54) is 11.4 Å². The summed E-state index contributed by atoms with van der Waals surface area (Å²) in [6, 6.07) is 13.1. The first-order chi connectivity index (χ1) is 9.25. The molecule has 0 aromatic carbocycles. The second-order valence-corrected chi connectivity index (χ2v) is 7.34. The van der Waals surface area contributed by atoms with Crippen LogP contribution < -0.4 is 0 Å². The van der Waals surface area contributed by atoms with E-state index in [1.807, 2.05) is 12.4 Å². The molecule has 0 spiro atoms. The molecule has 98 valence electrons. The second kappa shape index (κ2) is 5.28. The molecular weight excluding hydrogens is 299 g/mol. The van der Waals surface area contributed by atoms with Crippen molar-refractivity contribution in [3.63, 3.8) is 0 Å². The molecule has 0 fully saturated rings. The maximum atomic E-state index is 3.33. The zero-order chi connectivity index (χ0) is 13.2. The quantitative estimate of drug-likeness (QED) is 0.688.